The van der Waals surface area contributed by atoms with Gasteiger partial charge in [0.2, 0.25) is 0 Å². The number of rotatable bonds is 6. The first kappa shape index (κ1) is 14.9. The summed E-state index contributed by atoms with van der Waals surface area (Å²) in [4.78, 5) is 5.55. The molecule has 2 atom stereocenters. The highest BCUT2D eigenvalue weighted by Crippen LogP contribution is 2.41. The number of nitrogens with two attached hydrogens (primary N) is 1. The fraction of sp³-hybridized carbons (Fsp3) is 0.312. The van der Waals surface area contributed by atoms with Crippen LogP contribution in [0.3, 0.4) is 0 Å². The van der Waals surface area contributed by atoms with E-state index in [9.17, 15) is 0 Å². The van der Waals surface area contributed by atoms with E-state index in [1.165, 1.54) is 0 Å². The van der Waals surface area contributed by atoms with Crippen LogP contribution in [0.2, 0.25) is 0 Å². The van der Waals surface area contributed by atoms with Gasteiger partial charge in [-0.25, -0.2) is 0 Å². The van der Waals surface area contributed by atoms with Crippen molar-refractivity contribution in [1.29, 1.82) is 0 Å². The normalized spacial score (nSPS) is 13.8. The lowest BCUT2D eigenvalue weighted by Crippen LogP contribution is -2.26. The summed E-state index contributed by atoms with van der Waals surface area (Å²) in [6, 6.07) is 14.0. The lowest BCUT2D eigenvalue weighted by molar-refractivity contribution is 0.404. The van der Waals surface area contributed by atoms with E-state index in [0.717, 1.165) is 22.8 Å². The first-order valence-corrected chi connectivity index (χ1v) is 7.60. The van der Waals surface area contributed by atoms with Gasteiger partial charge < -0.3 is 10.5 Å². The highest BCUT2D eigenvalue weighted by Gasteiger charge is 2.22. The number of hydrogen-bond donors (Lipinski definition) is 1. The second kappa shape index (κ2) is 7.31. The van der Waals surface area contributed by atoms with Crippen LogP contribution in [0.1, 0.15) is 24.3 Å². The second-order valence-electron chi connectivity index (χ2n) is 4.52. The molecule has 3 nitrogen and oxygen atoms in total. The maximum atomic E-state index is 6.29. The molecule has 0 aliphatic heterocycles. The summed E-state index contributed by atoms with van der Waals surface area (Å²) in [5.41, 5.74) is 7.30. The van der Waals surface area contributed by atoms with Crippen molar-refractivity contribution in [2.75, 3.05) is 7.11 Å². The van der Waals surface area contributed by atoms with Crippen LogP contribution in [-0.2, 0) is 0 Å². The highest BCUT2D eigenvalue weighted by molar-refractivity contribution is 7.99. The summed E-state index contributed by atoms with van der Waals surface area (Å²) in [5.74, 6) is 0.877. The molecule has 2 aromatic rings. The summed E-state index contributed by atoms with van der Waals surface area (Å²) in [5, 5.41) is 0.123. The standard InChI is InChI=1S/C16H20N2OS/c1-3-12(17)16(13-8-6-7-11-18-13)20-15-10-5-4-9-14(15)19-2/h4-12,16H,3,17H2,1-2H3. The molecule has 0 aliphatic carbocycles. The number of nitrogens with zero attached hydrogens (tertiary/aromatic N) is 1. The van der Waals surface area contributed by atoms with Crippen molar-refractivity contribution in [1.82, 2.24) is 4.98 Å². The molecule has 106 valence electrons. The Balaban J connectivity index is 2.29. The molecular formula is C16H20N2OS. The number of hydrogen-bond acceptors (Lipinski definition) is 4. The van der Waals surface area contributed by atoms with Gasteiger partial charge in [0.25, 0.3) is 0 Å². The van der Waals surface area contributed by atoms with Crippen molar-refractivity contribution in [2.45, 2.75) is 29.5 Å². The van der Waals surface area contributed by atoms with E-state index in [1.54, 1.807) is 18.9 Å². The lowest BCUT2D eigenvalue weighted by atomic mass is 10.1. The fourth-order valence-electron chi connectivity index (χ4n) is 1.98. The predicted molar refractivity (Wildman–Crippen MR) is 84.1 cm³/mol. The minimum atomic E-state index is 0.0554. The van der Waals surface area contributed by atoms with Gasteiger partial charge in [0.15, 0.2) is 0 Å². The van der Waals surface area contributed by atoms with E-state index in [4.69, 9.17) is 10.5 Å². The van der Waals surface area contributed by atoms with Crippen LogP contribution in [0, 0.1) is 0 Å². The van der Waals surface area contributed by atoms with Crippen molar-refractivity contribution >= 4 is 11.8 Å². The maximum Gasteiger partial charge on any atom is 0.132 e. The summed E-state index contributed by atoms with van der Waals surface area (Å²) in [6.07, 6.45) is 2.72. The number of benzene rings is 1. The highest BCUT2D eigenvalue weighted by atomic mass is 32.2. The van der Waals surface area contributed by atoms with Gasteiger partial charge in [-0.05, 0) is 30.7 Å². The molecule has 2 unspecified atom stereocenters. The van der Waals surface area contributed by atoms with Crippen molar-refractivity contribution in [3.05, 3.63) is 54.4 Å². The Labute approximate surface area is 124 Å². The average Bonchev–Trinajstić information content (AvgIpc) is 2.53. The van der Waals surface area contributed by atoms with Crippen LogP contribution in [0.15, 0.2) is 53.6 Å². The zero-order valence-corrected chi connectivity index (χ0v) is 12.6. The van der Waals surface area contributed by atoms with Gasteiger partial charge in [0.05, 0.1) is 22.9 Å². The Kier molecular flexibility index (Phi) is 5.44. The van der Waals surface area contributed by atoms with Crippen molar-refractivity contribution < 1.29 is 4.74 Å². The minimum absolute atomic E-state index is 0.0554. The zero-order chi connectivity index (χ0) is 14.4. The second-order valence-corrected chi connectivity index (χ2v) is 5.70. The third-order valence-corrected chi connectivity index (χ3v) is 4.60. The molecule has 0 aliphatic rings. The molecule has 2 N–H and O–H groups in total. The summed E-state index contributed by atoms with van der Waals surface area (Å²) in [7, 11) is 1.69. The third kappa shape index (κ3) is 3.52. The van der Waals surface area contributed by atoms with Crippen molar-refractivity contribution in [3.63, 3.8) is 0 Å². The van der Waals surface area contributed by atoms with Gasteiger partial charge in [-0.15, -0.1) is 11.8 Å². The van der Waals surface area contributed by atoms with Crippen LogP contribution in [-0.4, -0.2) is 18.1 Å². The van der Waals surface area contributed by atoms with Crippen LogP contribution >= 0.6 is 11.8 Å². The Morgan fingerprint density at radius 3 is 2.60 bits per heavy atom. The van der Waals surface area contributed by atoms with Gasteiger partial charge in [-0.2, -0.15) is 0 Å². The molecule has 2 rings (SSSR count). The van der Waals surface area contributed by atoms with Crippen LogP contribution < -0.4 is 10.5 Å². The minimum Gasteiger partial charge on any atom is -0.496 e. The molecule has 20 heavy (non-hydrogen) atoms. The van der Waals surface area contributed by atoms with Gasteiger partial charge in [-0.3, -0.25) is 4.98 Å². The molecule has 0 amide bonds. The van der Waals surface area contributed by atoms with Gasteiger partial charge in [0, 0.05) is 12.2 Å². The Morgan fingerprint density at radius 2 is 1.95 bits per heavy atom. The topological polar surface area (TPSA) is 48.1 Å². The van der Waals surface area contributed by atoms with Crippen LogP contribution in [0.5, 0.6) is 5.75 Å². The number of thioether (sulfide) groups is 1. The molecular weight excluding hydrogens is 268 g/mol. The number of ether oxygens (including phenoxy) is 1. The van der Waals surface area contributed by atoms with E-state index >= 15 is 0 Å². The Bertz CT molecular complexity index is 533. The zero-order valence-electron chi connectivity index (χ0n) is 11.8. The number of aromatic nitrogens is 1. The van der Waals surface area contributed by atoms with E-state index in [2.05, 4.69) is 18.0 Å². The van der Waals surface area contributed by atoms with Gasteiger partial charge in [-0.1, -0.05) is 25.1 Å². The Morgan fingerprint density at radius 1 is 1.20 bits per heavy atom. The largest absolute Gasteiger partial charge is 0.496 e. The maximum absolute atomic E-state index is 6.29. The first-order chi connectivity index (χ1) is 9.76. The number of pyridine rings is 1. The first-order valence-electron chi connectivity index (χ1n) is 6.72. The monoisotopic (exact) mass is 288 g/mol. The summed E-state index contributed by atoms with van der Waals surface area (Å²) in [6.45, 7) is 2.10. The van der Waals surface area contributed by atoms with E-state index in [0.29, 0.717) is 0 Å². The van der Waals surface area contributed by atoms with E-state index in [-0.39, 0.29) is 11.3 Å². The fourth-order valence-corrected chi connectivity index (χ4v) is 3.30. The quantitative estimate of drug-likeness (QED) is 0.824. The molecule has 0 radical (unpaired) electrons. The van der Waals surface area contributed by atoms with Crippen molar-refractivity contribution in [3.8, 4) is 5.75 Å². The molecule has 0 bridgehead atoms. The molecule has 0 fully saturated rings. The third-order valence-electron chi connectivity index (χ3n) is 3.16. The van der Waals surface area contributed by atoms with Crippen LogP contribution in [0.4, 0.5) is 0 Å². The number of para-hydroxylation sites is 1. The molecule has 0 saturated heterocycles. The molecule has 1 aromatic carbocycles. The molecule has 4 heteroatoms. The lowest BCUT2D eigenvalue weighted by Gasteiger charge is -2.22. The SMILES string of the molecule is CCC(N)C(Sc1ccccc1OC)c1ccccn1. The van der Waals surface area contributed by atoms with Crippen LogP contribution in [0.25, 0.3) is 0 Å². The van der Waals surface area contributed by atoms with Gasteiger partial charge in [0.1, 0.15) is 5.75 Å². The van der Waals surface area contributed by atoms with E-state index in [1.807, 2.05) is 42.6 Å². The molecule has 0 spiro atoms. The number of methoxy groups -OCH3 is 1. The van der Waals surface area contributed by atoms with Gasteiger partial charge >= 0.3 is 0 Å². The van der Waals surface area contributed by atoms with Crippen molar-refractivity contribution in [2.24, 2.45) is 5.73 Å². The summed E-state index contributed by atoms with van der Waals surface area (Å²) < 4.78 is 5.41. The Hall–Kier alpha value is -1.52. The average molecular weight is 288 g/mol. The molecule has 1 aromatic heterocycles. The molecule has 1 heterocycles. The van der Waals surface area contributed by atoms with E-state index < -0.39 is 0 Å². The predicted octanol–water partition coefficient (Wildman–Crippen LogP) is 3.66. The molecule has 0 saturated carbocycles. The summed E-state index contributed by atoms with van der Waals surface area (Å²) >= 11 is 1.71. The smallest absolute Gasteiger partial charge is 0.132 e.